The summed E-state index contributed by atoms with van der Waals surface area (Å²) in [5, 5.41) is 13.6. The van der Waals surface area contributed by atoms with Gasteiger partial charge in [-0.05, 0) is 49.2 Å². The van der Waals surface area contributed by atoms with Crippen LogP contribution in [0.1, 0.15) is 29.9 Å². The van der Waals surface area contributed by atoms with Crippen LogP contribution in [0.3, 0.4) is 0 Å². The molecule has 0 radical (unpaired) electrons. The zero-order valence-electron chi connectivity index (χ0n) is 14.3. The van der Waals surface area contributed by atoms with Crippen LogP contribution >= 0.6 is 0 Å². The SMILES string of the molecule is CCOc1ccc(-n2nc(C(=O)O)cc2-c2ccc(CC)cc2)cc1. The van der Waals surface area contributed by atoms with E-state index in [1.165, 1.54) is 5.56 Å². The van der Waals surface area contributed by atoms with Crippen molar-refractivity contribution in [2.45, 2.75) is 20.3 Å². The highest BCUT2D eigenvalue weighted by molar-refractivity contribution is 5.87. The van der Waals surface area contributed by atoms with Crippen molar-refractivity contribution in [2.75, 3.05) is 6.61 Å². The summed E-state index contributed by atoms with van der Waals surface area (Å²) >= 11 is 0. The molecular formula is C20H20N2O3. The Hall–Kier alpha value is -3.08. The van der Waals surface area contributed by atoms with Crippen molar-refractivity contribution in [3.05, 3.63) is 65.9 Å². The minimum Gasteiger partial charge on any atom is -0.494 e. The normalized spacial score (nSPS) is 10.6. The molecule has 0 aliphatic rings. The van der Waals surface area contributed by atoms with E-state index >= 15 is 0 Å². The summed E-state index contributed by atoms with van der Waals surface area (Å²) in [6.07, 6.45) is 0.957. The molecule has 0 spiro atoms. The maximum Gasteiger partial charge on any atom is 0.356 e. The summed E-state index contributed by atoms with van der Waals surface area (Å²) in [7, 11) is 0. The first-order chi connectivity index (χ1) is 12.1. The molecule has 0 amide bonds. The largest absolute Gasteiger partial charge is 0.494 e. The average molecular weight is 336 g/mol. The molecule has 25 heavy (non-hydrogen) atoms. The number of carboxylic acid groups (broad SMARTS) is 1. The molecule has 0 bridgehead atoms. The Balaban J connectivity index is 2.06. The van der Waals surface area contributed by atoms with Crippen molar-refractivity contribution in [1.29, 1.82) is 0 Å². The van der Waals surface area contributed by atoms with Gasteiger partial charge in [0.25, 0.3) is 0 Å². The van der Waals surface area contributed by atoms with Gasteiger partial charge < -0.3 is 9.84 Å². The summed E-state index contributed by atoms with van der Waals surface area (Å²) in [6.45, 7) is 4.62. The van der Waals surface area contributed by atoms with Gasteiger partial charge in [0.05, 0.1) is 18.0 Å². The number of aromatic carboxylic acids is 1. The zero-order valence-corrected chi connectivity index (χ0v) is 14.3. The number of nitrogens with zero attached hydrogens (tertiary/aromatic N) is 2. The third-order valence-corrected chi connectivity index (χ3v) is 3.98. The second-order valence-corrected chi connectivity index (χ2v) is 5.61. The van der Waals surface area contributed by atoms with Crippen LogP contribution in [0.4, 0.5) is 0 Å². The van der Waals surface area contributed by atoms with Crippen LogP contribution in [0.5, 0.6) is 5.75 Å². The van der Waals surface area contributed by atoms with Gasteiger partial charge in [0.2, 0.25) is 0 Å². The van der Waals surface area contributed by atoms with Crippen LogP contribution in [-0.2, 0) is 6.42 Å². The summed E-state index contributed by atoms with van der Waals surface area (Å²) in [5.74, 6) is -0.276. The van der Waals surface area contributed by atoms with Gasteiger partial charge in [-0.3, -0.25) is 0 Å². The van der Waals surface area contributed by atoms with Gasteiger partial charge >= 0.3 is 5.97 Å². The molecule has 0 saturated carbocycles. The molecule has 0 aliphatic heterocycles. The molecule has 0 aliphatic carbocycles. The second kappa shape index (κ2) is 7.21. The Labute approximate surface area is 146 Å². The standard InChI is InChI=1S/C20H20N2O3/c1-3-14-5-7-15(8-6-14)19-13-18(20(23)24)21-22(19)16-9-11-17(12-10-16)25-4-2/h5-13H,3-4H2,1-2H3,(H,23,24). The topological polar surface area (TPSA) is 64.4 Å². The predicted molar refractivity (Wildman–Crippen MR) is 96.5 cm³/mol. The Morgan fingerprint density at radius 3 is 2.32 bits per heavy atom. The van der Waals surface area contributed by atoms with E-state index in [9.17, 15) is 9.90 Å². The quantitative estimate of drug-likeness (QED) is 0.733. The molecule has 3 aromatic rings. The summed E-state index contributed by atoms with van der Waals surface area (Å²) in [6, 6.07) is 17.1. The molecule has 5 nitrogen and oxygen atoms in total. The average Bonchev–Trinajstić information content (AvgIpc) is 3.08. The summed E-state index contributed by atoms with van der Waals surface area (Å²) < 4.78 is 7.11. The van der Waals surface area contributed by atoms with Gasteiger partial charge in [0.15, 0.2) is 5.69 Å². The number of hydrogen-bond acceptors (Lipinski definition) is 3. The third kappa shape index (κ3) is 3.55. The van der Waals surface area contributed by atoms with Gasteiger partial charge in [-0.25, -0.2) is 9.48 Å². The number of aryl methyl sites for hydroxylation is 1. The fourth-order valence-corrected chi connectivity index (χ4v) is 2.65. The van der Waals surface area contributed by atoms with Crippen molar-refractivity contribution >= 4 is 5.97 Å². The Morgan fingerprint density at radius 2 is 1.76 bits per heavy atom. The molecule has 128 valence electrons. The van der Waals surface area contributed by atoms with E-state index in [0.717, 1.165) is 29.1 Å². The first-order valence-corrected chi connectivity index (χ1v) is 8.28. The number of ether oxygens (including phenoxy) is 1. The van der Waals surface area contributed by atoms with Crippen LogP contribution in [0.15, 0.2) is 54.6 Å². The van der Waals surface area contributed by atoms with Gasteiger partial charge in [-0.1, -0.05) is 31.2 Å². The Kier molecular flexibility index (Phi) is 4.84. The van der Waals surface area contributed by atoms with Crippen LogP contribution in [0.2, 0.25) is 0 Å². The fraction of sp³-hybridized carbons (Fsp3) is 0.200. The van der Waals surface area contributed by atoms with Crippen LogP contribution < -0.4 is 4.74 Å². The number of carboxylic acids is 1. The van der Waals surface area contributed by atoms with E-state index in [1.54, 1.807) is 10.7 Å². The van der Waals surface area contributed by atoms with Gasteiger partial charge in [-0.15, -0.1) is 0 Å². The van der Waals surface area contributed by atoms with Gasteiger partial charge in [0.1, 0.15) is 5.75 Å². The lowest BCUT2D eigenvalue weighted by molar-refractivity contribution is 0.0690. The van der Waals surface area contributed by atoms with Crippen molar-refractivity contribution in [1.82, 2.24) is 9.78 Å². The van der Waals surface area contributed by atoms with Crippen LogP contribution in [-0.4, -0.2) is 27.5 Å². The first kappa shape index (κ1) is 16.8. The molecule has 0 fully saturated rings. The molecular weight excluding hydrogens is 316 g/mol. The molecule has 1 aromatic heterocycles. The molecule has 1 heterocycles. The number of rotatable bonds is 6. The minimum atomic E-state index is -1.05. The van der Waals surface area contributed by atoms with Crippen molar-refractivity contribution in [3.63, 3.8) is 0 Å². The predicted octanol–water partition coefficient (Wildman–Crippen LogP) is 4.20. The molecule has 1 N–H and O–H groups in total. The zero-order chi connectivity index (χ0) is 17.8. The van der Waals surface area contributed by atoms with E-state index in [4.69, 9.17) is 4.74 Å². The Morgan fingerprint density at radius 1 is 1.08 bits per heavy atom. The minimum absolute atomic E-state index is 0.0171. The van der Waals surface area contributed by atoms with E-state index < -0.39 is 5.97 Å². The lowest BCUT2D eigenvalue weighted by Gasteiger charge is -2.09. The lowest BCUT2D eigenvalue weighted by atomic mass is 10.1. The van der Waals surface area contributed by atoms with Crippen molar-refractivity contribution in [3.8, 4) is 22.7 Å². The molecule has 0 saturated heterocycles. The van der Waals surface area contributed by atoms with Gasteiger partial charge in [0, 0.05) is 5.56 Å². The highest BCUT2D eigenvalue weighted by Crippen LogP contribution is 2.26. The van der Waals surface area contributed by atoms with E-state index in [2.05, 4.69) is 12.0 Å². The van der Waals surface area contributed by atoms with Crippen LogP contribution in [0, 0.1) is 0 Å². The maximum atomic E-state index is 11.4. The monoisotopic (exact) mass is 336 g/mol. The van der Waals surface area contributed by atoms with Gasteiger partial charge in [-0.2, -0.15) is 5.10 Å². The second-order valence-electron chi connectivity index (χ2n) is 5.61. The summed E-state index contributed by atoms with van der Waals surface area (Å²) in [4.78, 5) is 11.4. The van der Waals surface area contributed by atoms with E-state index in [1.807, 2.05) is 55.5 Å². The van der Waals surface area contributed by atoms with Crippen molar-refractivity contribution < 1.29 is 14.6 Å². The van der Waals surface area contributed by atoms with Crippen molar-refractivity contribution in [2.24, 2.45) is 0 Å². The highest BCUT2D eigenvalue weighted by atomic mass is 16.5. The third-order valence-electron chi connectivity index (χ3n) is 3.98. The lowest BCUT2D eigenvalue weighted by Crippen LogP contribution is -2.02. The first-order valence-electron chi connectivity index (χ1n) is 8.28. The summed E-state index contributed by atoms with van der Waals surface area (Å²) in [5.41, 5.74) is 3.69. The highest BCUT2D eigenvalue weighted by Gasteiger charge is 2.16. The van der Waals surface area contributed by atoms with Crippen LogP contribution in [0.25, 0.3) is 16.9 Å². The smallest absolute Gasteiger partial charge is 0.356 e. The molecule has 0 atom stereocenters. The number of aromatic nitrogens is 2. The number of benzene rings is 2. The van der Waals surface area contributed by atoms with E-state index in [0.29, 0.717) is 6.61 Å². The Bertz CT molecular complexity index is 865. The molecule has 0 unspecified atom stereocenters. The molecule has 3 rings (SSSR count). The number of carbonyl (C=O) groups is 1. The molecule has 2 aromatic carbocycles. The number of hydrogen-bond donors (Lipinski definition) is 1. The van der Waals surface area contributed by atoms with E-state index in [-0.39, 0.29) is 5.69 Å². The fourth-order valence-electron chi connectivity index (χ4n) is 2.65. The molecule has 5 heteroatoms. The maximum absolute atomic E-state index is 11.4.